The monoisotopic (exact) mass is 437 g/mol. The van der Waals surface area contributed by atoms with Crippen LogP contribution in [0.3, 0.4) is 0 Å². The SMILES string of the molecule is COc1cc(COC(=O)NC(C)CC(=O)ON2C(=O)C=CC2=O)c([N+](=O)[O-])cc1OC. The molecule has 3 amide bonds. The quantitative estimate of drug-likeness (QED) is 0.335. The van der Waals surface area contributed by atoms with Crippen molar-refractivity contribution in [1.29, 1.82) is 0 Å². The summed E-state index contributed by atoms with van der Waals surface area (Å²) in [6, 6.07) is 1.66. The van der Waals surface area contributed by atoms with E-state index in [0.717, 1.165) is 18.2 Å². The number of hydrogen-bond donors (Lipinski definition) is 1. The van der Waals surface area contributed by atoms with Crippen molar-refractivity contribution in [2.45, 2.75) is 26.0 Å². The van der Waals surface area contributed by atoms with Gasteiger partial charge in [0.25, 0.3) is 17.5 Å². The summed E-state index contributed by atoms with van der Waals surface area (Å²) in [5.41, 5.74) is -0.279. The van der Waals surface area contributed by atoms with Gasteiger partial charge in [-0.2, -0.15) is 0 Å². The summed E-state index contributed by atoms with van der Waals surface area (Å²) in [6.45, 7) is 0.995. The van der Waals surface area contributed by atoms with Gasteiger partial charge in [-0.05, 0) is 13.0 Å². The number of benzene rings is 1. The van der Waals surface area contributed by atoms with E-state index in [9.17, 15) is 29.3 Å². The van der Waals surface area contributed by atoms with Crippen LogP contribution in [0.25, 0.3) is 0 Å². The fourth-order valence-corrected chi connectivity index (χ4v) is 2.50. The highest BCUT2D eigenvalue weighted by Crippen LogP contribution is 2.34. The number of hydroxylamine groups is 2. The van der Waals surface area contributed by atoms with Crippen molar-refractivity contribution in [2.24, 2.45) is 0 Å². The molecule has 1 heterocycles. The van der Waals surface area contributed by atoms with E-state index in [4.69, 9.17) is 14.2 Å². The van der Waals surface area contributed by atoms with Gasteiger partial charge in [0.05, 0.1) is 37.2 Å². The molecule has 0 saturated heterocycles. The zero-order chi connectivity index (χ0) is 23.1. The molecule has 1 aliphatic heterocycles. The van der Waals surface area contributed by atoms with Crippen molar-refractivity contribution in [1.82, 2.24) is 10.4 Å². The number of ether oxygens (including phenoxy) is 3. The number of nitro benzene ring substituents is 1. The maximum absolute atomic E-state index is 12.0. The van der Waals surface area contributed by atoms with Gasteiger partial charge in [-0.3, -0.25) is 19.7 Å². The molecule has 0 aliphatic carbocycles. The van der Waals surface area contributed by atoms with Gasteiger partial charge in [0.1, 0.15) is 6.61 Å². The van der Waals surface area contributed by atoms with Crippen LogP contribution in [0.2, 0.25) is 0 Å². The fourth-order valence-electron chi connectivity index (χ4n) is 2.50. The van der Waals surface area contributed by atoms with Crippen LogP contribution >= 0.6 is 0 Å². The highest BCUT2D eigenvalue weighted by atomic mass is 16.7. The maximum atomic E-state index is 12.0. The molecule has 1 aromatic carbocycles. The van der Waals surface area contributed by atoms with Crippen molar-refractivity contribution < 1.29 is 43.1 Å². The number of nitro groups is 1. The van der Waals surface area contributed by atoms with Gasteiger partial charge in [0.15, 0.2) is 11.5 Å². The number of nitrogens with zero attached hydrogens (tertiary/aromatic N) is 2. The van der Waals surface area contributed by atoms with E-state index in [-0.39, 0.29) is 29.2 Å². The molecule has 0 aromatic heterocycles. The number of imide groups is 1. The Bertz CT molecular complexity index is 925. The van der Waals surface area contributed by atoms with Crippen LogP contribution in [-0.4, -0.2) is 54.1 Å². The summed E-state index contributed by atoms with van der Waals surface area (Å²) in [4.78, 5) is 61.8. The third-order valence-corrected chi connectivity index (χ3v) is 3.94. The maximum Gasteiger partial charge on any atom is 0.407 e. The van der Waals surface area contributed by atoms with E-state index in [2.05, 4.69) is 10.2 Å². The van der Waals surface area contributed by atoms with Crippen LogP contribution in [0.1, 0.15) is 18.9 Å². The Kier molecular flexibility index (Phi) is 7.49. The molecule has 31 heavy (non-hydrogen) atoms. The Morgan fingerprint density at radius 3 is 2.26 bits per heavy atom. The van der Waals surface area contributed by atoms with Crippen LogP contribution < -0.4 is 14.8 Å². The lowest BCUT2D eigenvalue weighted by atomic mass is 10.1. The highest BCUT2D eigenvalue weighted by Gasteiger charge is 2.28. The third-order valence-electron chi connectivity index (χ3n) is 3.94. The first-order valence-corrected chi connectivity index (χ1v) is 8.75. The first-order valence-electron chi connectivity index (χ1n) is 8.75. The molecular formula is C18H19N3O10. The van der Waals surface area contributed by atoms with Crippen LogP contribution in [0.5, 0.6) is 11.5 Å². The molecule has 1 atom stereocenters. The Balaban J connectivity index is 1.91. The molecule has 13 nitrogen and oxygen atoms in total. The van der Waals surface area contributed by atoms with Gasteiger partial charge >= 0.3 is 12.1 Å². The Morgan fingerprint density at radius 2 is 1.71 bits per heavy atom. The molecule has 1 unspecified atom stereocenters. The molecule has 0 spiro atoms. The minimum atomic E-state index is -0.959. The van der Waals surface area contributed by atoms with E-state index in [1.807, 2.05) is 0 Å². The fraction of sp³-hybridized carbons (Fsp3) is 0.333. The lowest BCUT2D eigenvalue weighted by Gasteiger charge is -2.16. The van der Waals surface area contributed by atoms with Gasteiger partial charge in [0.2, 0.25) is 0 Å². The number of carbonyl (C=O) groups excluding carboxylic acids is 4. The molecule has 1 aliphatic rings. The molecule has 1 N–H and O–H groups in total. The number of rotatable bonds is 9. The van der Waals surface area contributed by atoms with Crippen molar-refractivity contribution >= 4 is 29.6 Å². The molecule has 0 saturated carbocycles. The van der Waals surface area contributed by atoms with Crippen molar-refractivity contribution in [2.75, 3.05) is 14.2 Å². The average Bonchev–Trinajstić information content (AvgIpc) is 3.03. The van der Waals surface area contributed by atoms with Crippen LogP contribution in [-0.2, 0) is 30.6 Å². The van der Waals surface area contributed by atoms with E-state index in [1.54, 1.807) is 0 Å². The summed E-state index contributed by atoms with van der Waals surface area (Å²) in [6.07, 6.45) is 0.562. The lowest BCUT2D eigenvalue weighted by molar-refractivity contribution is -0.385. The van der Waals surface area contributed by atoms with Crippen molar-refractivity contribution in [3.8, 4) is 11.5 Å². The van der Waals surface area contributed by atoms with E-state index >= 15 is 0 Å². The topological polar surface area (TPSA) is 164 Å². The Hall–Kier alpha value is -4.16. The smallest absolute Gasteiger partial charge is 0.407 e. The van der Waals surface area contributed by atoms with E-state index in [0.29, 0.717) is 5.06 Å². The van der Waals surface area contributed by atoms with Gasteiger partial charge in [-0.1, -0.05) is 5.06 Å². The predicted molar refractivity (Wildman–Crippen MR) is 101 cm³/mol. The third kappa shape index (κ3) is 5.91. The molecule has 1 aromatic rings. The van der Waals surface area contributed by atoms with Crippen LogP contribution in [0.4, 0.5) is 10.5 Å². The second-order valence-electron chi connectivity index (χ2n) is 6.19. The van der Waals surface area contributed by atoms with Crippen LogP contribution in [0.15, 0.2) is 24.3 Å². The number of hydrogen-bond acceptors (Lipinski definition) is 10. The number of methoxy groups -OCH3 is 2. The van der Waals surface area contributed by atoms with E-state index in [1.165, 1.54) is 27.2 Å². The number of nitrogens with one attached hydrogen (secondary N) is 1. The minimum absolute atomic E-state index is 0.0587. The summed E-state index contributed by atoms with van der Waals surface area (Å²) in [5.74, 6) is -2.18. The average molecular weight is 437 g/mol. The lowest BCUT2D eigenvalue weighted by Crippen LogP contribution is -2.38. The van der Waals surface area contributed by atoms with Gasteiger partial charge in [-0.15, -0.1) is 0 Å². The van der Waals surface area contributed by atoms with Gasteiger partial charge < -0.3 is 24.4 Å². The van der Waals surface area contributed by atoms with Gasteiger partial charge in [-0.25, -0.2) is 9.59 Å². The molecule has 0 fully saturated rings. The van der Waals surface area contributed by atoms with Crippen molar-refractivity contribution in [3.05, 3.63) is 40.0 Å². The van der Waals surface area contributed by atoms with Crippen LogP contribution in [0, 0.1) is 10.1 Å². The number of amides is 3. The Morgan fingerprint density at radius 1 is 1.13 bits per heavy atom. The molecule has 13 heteroatoms. The van der Waals surface area contributed by atoms with Crippen molar-refractivity contribution in [3.63, 3.8) is 0 Å². The summed E-state index contributed by atoms with van der Waals surface area (Å²) >= 11 is 0. The molecule has 0 bridgehead atoms. The second-order valence-corrected chi connectivity index (χ2v) is 6.19. The first kappa shape index (κ1) is 23.1. The van der Waals surface area contributed by atoms with Gasteiger partial charge in [0, 0.05) is 18.2 Å². The van der Waals surface area contributed by atoms with E-state index < -0.39 is 41.4 Å². The summed E-state index contributed by atoms with van der Waals surface area (Å²) in [5, 5.41) is 13.9. The Labute approximate surface area is 175 Å². The normalized spacial score (nSPS) is 13.6. The summed E-state index contributed by atoms with van der Waals surface area (Å²) < 4.78 is 15.1. The first-order chi connectivity index (χ1) is 14.7. The highest BCUT2D eigenvalue weighted by molar-refractivity contribution is 6.12. The molecule has 0 radical (unpaired) electrons. The zero-order valence-electron chi connectivity index (χ0n) is 16.8. The predicted octanol–water partition coefficient (Wildman–Crippen LogP) is 1.000. The minimum Gasteiger partial charge on any atom is -0.493 e. The number of alkyl carbamates (subject to hydrolysis) is 1. The standard InChI is InChI=1S/C18H19N3O10/c1-10(6-17(24)31-20-15(22)4-5-16(20)23)19-18(25)30-9-11-7-13(28-2)14(29-3)8-12(11)21(26)27/h4-5,7-8,10H,6,9H2,1-3H3,(H,19,25). The second kappa shape index (κ2) is 10.0. The molecule has 166 valence electrons. The molecule has 2 rings (SSSR count). The summed E-state index contributed by atoms with van der Waals surface area (Å²) in [7, 11) is 2.67. The molecular weight excluding hydrogens is 418 g/mol. The number of carbonyl (C=O) groups is 4. The largest absolute Gasteiger partial charge is 0.493 e. The zero-order valence-corrected chi connectivity index (χ0v) is 16.8.